The molecular formula is C23H40N4O3. The van der Waals surface area contributed by atoms with E-state index in [1.165, 1.54) is 19.3 Å². The SMILES string of the molecule is CCC(C)(C)C1CCC2(CC1)NC(=O)N(CC(=O)NCCN1CCCCC1C)C2=O. The van der Waals surface area contributed by atoms with Crippen LogP contribution in [0.25, 0.3) is 0 Å². The molecule has 2 N–H and O–H groups in total. The van der Waals surface area contributed by atoms with Crippen molar-refractivity contribution in [3.8, 4) is 0 Å². The van der Waals surface area contributed by atoms with Crippen LogP contribution in [0.3, 0.4) is 0 Å². The molecule has 0 bridgehead atoms. The van der Waals surface area contributed by atoms with Crippen molar-refractivity contribution in [3.05, 3.63) is 0 Å². The quantitative estimate of drug-likeness (QED) is 0.621. The second-order valence-electron chi connectivity index (χ2n) is 10.3. The van der Waals surface area contributed by atoms with Crippen LogP contribution in [0.2, 0.25) is 0 Å². The molecule has 3 fully saturated rings. The minimum atomic E-state index is -0.805. The molecule has 1 spiro atoms. The lowest BCUT2D eigenvalue weighted by atomic mass is 9.65. The summed E-state index contributed by atoms with van der Waals surface area (Å²) in [5, 5.41) is 5.82. The van der Waals surface area contributed by atoms with Crippen molar-refractivity contribution in [2.24, 2.45) is 11.3 Å². The van der Waals surface area contributed by atoms with Crippen LogP contribution in [0.1, 0.15) is 79.1 Å². The Kier molecular flexibility index (Phi) is 7.10. The Labute approximate surface area is 181 Å². The molecule has 7 heteroatoms. The summed E-state index contributed by atoms with van der Waals surface area (Å²) in [5.74, 6) is 0.0772. The average molecular weight is 421 g/mol. The molecule has 2 aliphatic heterocycles. The molecule has 0 aromatic carbocycles. The number of likely N-dealkylation sites (tertiary alicyclic amines) is 1. The van der Waals surface area contributed by atoms with Gasteiger partial charge in [-0.1, -0.05) is 33.6 Å². The lowest BCUT2D eigenvalue weighted by Crippen LogP contribution is -2.51. The topological polar surface area (TPSA) is 81.8 Å². The van der Waals surface area contributed by atoms with Crippen molar-refractivity contribution >= 4 is 17.8 Å². The lowest BCUT2D eigenvalue weighted by Gasteiger charge is -2.42. The van der Waals surface area contributed by atoms with Gasteiger partial charge >= 0.3 is 6.03 Å². The Morgan fingerprint density at radius 3 is 2.53 bits per heavy atom. The normalized spacial score (nSPS) is 30.6. The predicted octanol–water partition coefficient (Wildman–Crippen LogP) is 2.89. The number of nitrogens with one attached hydrogen (secondary N) is 2. The maximum Gasteiger partial charge on any atom is 0.325 e. The maximum atomic E-state index is 13.1. The van der Waals surface area contributed by atoms with Gasteiger partial charge in [0.05, 0.1) is 0 Å². The maximum absolute atomic E-state index is 13.1. The van der Waals surface area contributed by atoms with Crippen molar-refractivity contribution in [2.75, 3.05) is 26.2 Å². The van der Waals surface area contributed by atoms with Gasteiger partial charge in [-0.15, -0.1) is 0 Å². The first kappa shape index (κ1) is 23.0. The summed E-state index contributed by atoms with van der Waals surface area (Å²) in [4.78, 5) is 41.5. The Morgan fingerprint density at radius 2 is 1.90 bits per heavy atom. The van der Waals surface area contributed by atoms with Gasteiger partial charge in [-0.3, -0.25) is 19.4 Å². The van der Waals surface area contributed by atoms with E-state index < -0.39 is 11.6 Å². The Morgan fingerprint density at radius 1 is 1.20 bits per heavy atom. The first-order valence-corrected chi connectivity index (χ1v) is 11.8. The number of rotatable bonds is 7. The molecule has 1 saturated carbocycles. The van der Waals surface area contributed by atoms with Crippen LogP contribution in [0.5, 0.6) is 0 Å². The van der Waals surface area contributed by atoms with Gasteiger partial charge in [0, 0.05) is 19.1 Å². The second-order valence-corrected chi connectivity index (χ2v) is 10.3. The van der Waals surface area contributed by atoms with Crippen molar-refractivity contribution in [3.63, 3.8) is 0 Å². The van der Waals surface area contributed by atoms with Crippen LogP contribution in [-0.2, 0) is 9.59 Å². The van der Waals surface area contributed by atoms with E-state index in [0.717, 1.165) is 37.3 Å². The first-order valence-electron chi connectivity index (χ1n) is 11.8. The van der Waals surface area contributed by atoms with Crippen LogP contribution in [0.15, 0.2) is 0 Å². The Hall–Kier alpha value is -1.63. The molecule has 0 aromatic heterocycles. The third-order valence-electron chi connectivity index (χ3n) is 8.06. The van der Waals surface area contributed by atoms with Crippen molar-refractivity contribution < 1.29 is 14.4 Å². The molecule has 7 nitrogen and oxygen atoms in total. The molecule has 4 amide bonds. The molecule has 170 valence electrons. The zero-order valence-electron chi connectivity index (χ0n) is 19.3. The van der Waals surface area contributed by atoms with E-state index in [9.17, 15) is 14.4 Å². The molecule has 30 heavy (non-hydrogen) atoms. The number of hydrogen-bond acceptors (Lipinski definition) is 4. The van der Waals surface area contributed by atoms with Crippen LogP contribution in [0, 0.1) is 11.3 Å². The number of nitrogens with zero attached hydrogens (tertiary/aromatic N) is 2. The van der Waals surface area contributed by atoms with Crippen LogP contribution in [-0.4, -0.2) is 65.4 Å². The molecule has 0 radical (unpaired) electrons. The summed E-state index contributed by atoms with van der Waals surface area (Å²) in [7, 11) is 0. The molecule has 3 rings (SSSR count). The van der Waals surface area contributed by atoms with Gasteiger partial charge in [0.25, 0.3) is 5.91 Å². The smallest absolute Gasteiger partial charge is 0.325 e. The first-order chi connectivity index (χ1) is 14.2. The fourth-order valence-corrected chi connectivity index (χ4v) is 5.37. The predicted molar refractivity (Wildman–Crippen MR) is 117 cm³/mol. The Bertz CT molecular complexity index is 655. The molecule has 1 atom stereocenters. The van der Waals surface area contributed by atoms with Crippen LogP contribution < -0.4 is 10.6 Å². The molecular weight excluding hydrogens is 380 g/mol. The van der Waals surface area contributed by atoms with Crippen molar-refractivity contribution in [1.29, 1.82) is 0 Å². The number of carbonyl (C=O) groups excluding carboxylic acids is 3. The largest absolute Gasteiger partial charge is 0.353 e. The number of amides is 4. The molecule has 2 saturated heterocycles. The zero-order valence-corrected chi connectivity index (χ0v) is 19.3. The second kappa shape index (κ2) is 9.25. The van der Waals surface area contributed by atoms with E-state index in [1.807, 2.05) is 0 Å². The van der Waals surface area contributed by atoms with E-state index in [4.69, 9.17) is 0 Å². The van der Waals surface area contributed by atoms with E-state index >= 15 is 0 Å². The number of imide groups is 1. The lowest BCUT2D eigenvalue weighted by molar-refractivity contribution is -0.136. The minimum absolute atomic E-state index is 0.189. The number of piperidine rings is 1. The number of carbonyl (C=O) groups is 3. The summed E-state index contributed by atoms with van der Waals surface area (Å²) < 4.78 is 0. The van der Waals surface area contributed by atoms with Gasteiger partial charge in [-0.2, -0.15) is 0 Å². The summed E-state index contributed by atoms with van der Waals surface area (Å²) in [6, 6.07) is 0.127. The molecule has 1 aliphatic carbocycles. The monoisotopic (exact) mass is 420 g/mol. The number of urea groups is 1. The standard InChI is InChI=1S/C23H40N4O3/c1-5-22(3,4)18-9-11-23(12-10-18)20(29)27(21(30)25-23)16-19(28)24-13-15-26-14-7-6-8-17(26)2/h17-18H,5-16H2,1-4H3,(H,24,28)(H,25,30). The highest BCUT2D eigenvalue weighted by molar-refractivity contribution is 6.09. The van der Waals surface area contributed by atoms with Crippen molar-refractivity contribution in [2.45, 2.75) is 90.6 Å². The van der Waals surface area contributed by atoms with Gasteiger partial charge in [0.1, 0.15) is 12.1 Å². The fraction of sp³-hybridized carbons (Fsp3) is 0.870. The number of hydrogen-bond donors (Lipinski definition) is 2. The summed E-state index contributed by atoms with van der Waals surface area (Å²) >= 11 is 0. The van der Waals surface area contributed by atoms with Crippen LogP contribution >= 0.6 is 0 Å². The molecule has 2 heterocycles. The van der Waals surface area contributed by atoms with Gasteiger partial charge < -0.3 is 10.6 Å². The molecule has 3 aliphatic rings. The fourth-order valence-electron chi connectivity index (χ4n) is 5.37. The summed E-state index contributed by atoms with van der Waals surface area (Å²) in [6.07, 6.45) is 7.98. The van der Waals surface area contributed by atoms with Gasteiger partial charge in [-0.05, 0) is 63.3 Å². The van der Waals surface area contributed by atoms with Crippen molar-refractivity contribution in [1.82, 2.24) is 20.4 Å². The summed E-state index contributed by atoms with van der Waals surface area (Å²) in [6.45, 7) is 11.2. The Balaban J connectivity index is 1.48. The van der Waals surface area contributed by atoms with Gasteiger partial charge in [0.2, 0.25) is 5.91 Å². The third kappa shape index (κ3) is 4.82. The van der Waals surface area contributed by atoms with E-state index in [1.54, 1.807) is 0 Å². The highest BCUT2D eigenvalue weighted by Crippen LogP contribution is 2.45. The van der Waals surface area contributed by atoms with E-state index in [2.05, 4.69) is 43.2 Å². The molecule has 1 unspecified atom stereocenters. The zero-order chi connectivity index (χ0) is 21.9. The average Bonchev–Trinajstić information content (AvgIpc) is 2.94. The highest BCUT2D eigenvalue weighted by Gasteiger charge is 2.53. The van der Waals surface area contributed by atoms with Gasteiger partial charge in [-0.25, -0.2) is 4.79 Å². The minimum Gasteiger partial charge on any atom is -0.353 e. The third-order valence-corrected chi connectivity index (χ3v) is 8.06. The van der Waals surface area contributed by atoms with E-state index in [-0.39, 0.29) is 23.8 Å². The highest BCUT2D eigenvalue weighted by atomic mass is 16.2. The summed E-state index contributed by atoms with van der Waals surface area (Å²) in [5.41, 5.74) is -0.556. The van der Waals surface area contributed by atoms with Crippen LogP contribution in [0.4, 0.5) is 4.79 Å². The molecule has 0 aromatic rings. The van der Waals surface area contributed by atoms with E-state index in [0.29, 0.717) is 31.3 Å². The van der Waals surface area contributed by atoms with Gasteiger partial charge in [0.15, 0.2) is 0 Å².